The van der Waals surface area contributed by atoms with E-state index in [1.165, 1.54) is 32.9 Å². The number of aryl methyl sites for hydroxylation is 1. The van der Waals surface area contributed by atoms with Crippen molar-refractivity contribution in [3.05, 3.63) is 65.7 Å². The maximum atomic E-state index is 5.60. The van der Waals surface area contributed by atoms with Crippen molar-refractivity contribution in [1.29, 1.82) is 0 Å². The highest BCUT2D eigenvalue weighted by Gasteiger charge is 2.24. The van der Waals surface area contributed by atoms with Gasteiger partial charge in [0.05, 0.1) is 20.2 Å². The number of rotatable bonds is 6. The Morgan fingerprint density at radius 2 is 1.74 bits per heavy atom. The predicted molar refractivity (Wildman–Crippen MR) is 134 cm³/mol. The molecule has 0 bridgehead atoms. The van der Waals surface area contributed by atoms with Gasteiger partial charge in [0, 0.05) is 53.5 Å². The Morgan fingerprint density at radius 3 is 2.56 bits per heavy atom. The first-order valence-electron chi connectivity index (χ1n) is 12.3. The number of nitrogens with zero attached hydrogens (tertiary/aromatic N) is 2. The minimum atomic E-state index is 0.269. The van der Waals surface area contributed by atoms with Gasteiger partial charge in [-0.25, -0.2) is 0 Å². The largest absolute Gasteiger partial charge is 0.493 e. The highest BCUT2D eigenvalue weighted by atomic mass is 16.7. The number of ether oxygens (including phenoxy) is 3. The van der Waals surface area contributed by atoms with Gasteiger partial charge in [0.2, 0.25) is 12.5 Å². The molecular weight excluding hydrogens is 426 g/mol. The van der Waals surface area contributed by atoms with Crippen LogP contribution >= 0.6 is 0 Å². The lowest BCUT2D eigenvalue weighted by Gasteiger charge is -2.32. The fraction of sp³-hybridized carbons (Fsp3) is 0.357. The molecule has 0 amide bonds. The fourth-order valence-electron chi connectivity index (χ4n) is 5.58. The van der Waals surface area contributed by atoms with Crippen LogP contribution in [0.4, 0.5) is 0 Å². The van der Waals surface area contributed by atoms with Gasteiger partial charge in [-0.2, -0.15) is 0 Å². The second kappa shape index (κ2) is 8.85. The number of hydrogen-bond acceptors (Lipinski definition) is 4. The quantitative estimate of drug-likeness (QED) is 0.481. The minimum absolute atomic E-state index is 0.269. The van der Waals surface area contributed by atoms with E-state index in [0.717, 1.165) is 63.1 Å². The summed E-state index contributed by atoms with van der Waals surface area (Å²) in [7, 11) is 1.68. The first-order valence-corrected chi connectivity index (χ1v) is 12.3. The summed E-state index contributed by atoms with van der Waals surface area (Å²) in [6, 6.07) is 20.0. The van der Waals surface area contributed by atoms with Crippen LogP contribution < -0.4 is 19.1 Å². The molecule has 1 aromatic heterocycles. The number of quaternary nitrogens is 1. The van der Waals surface area contributed by atoms with Crippen molar-refractivity contribution in [2.75, 3.05) is 40.1 Å². The summed E-state index contributed by atoms with van der Waals surface area (Å²) in [6.07, 6.45) is 0. The van der Waals surface area contributed by atoms with Crippen LogP contribution in [-0.4, -0.2) is 49.5 Å². The fourth-order valence-corrected chi connectivity index (χ4v) is 5.58. The van der Waals surface area contributed by atoms with Crippen LogP contribution in [0.1, 0.15) is 18.1 Å². The van der Waals surface area contributed by atoms with Crippen molar-refractivity contribution >= 4 is 21.8 Å². The van der Waals surface area contributed by atoms with Gasteiger partial charge in [-0.3, -0.25) is 4.90 Å². The molecule has 6 heteroatoms. The average molecular weight is 459 g/mol. The molecule has 0 saturated carbocycles. The van der Waals surface area contributed by atoms with E-state index < -0.39 is 0 Å². The Morgan fingerprint density at radius 1 is 0.912 bits per heavy atom. The van der Waals surface area contributed by atoms with Crippen molar-refractivity contribution < 1.29 is 19.1 Å². The van der Waals surface area contributed by atoms with Crippen molar-refractivity contribution in [2.45, 2.75) is 26.6 Å². The first kappa shape index (κ1) is 21.3. The maximum absolute atomic E-state index is 5.60. The number of methoxy groups -OCH3 is 1. The molecule has 2 aliphatic rings. The highest BCUT2D eigenvalue weighted by Crippen LogP contribution is 2.41. The first-order chi connectivity index (χ1) is 16.7. The SMILES string of the molecule is CCn1c2ccccc2c2cc(CN3CC[NH+](Cc4cc(OC)c5c(c4)OCO5)CC3)ccc21. The van der Waals surface area contributed by atoms with E-state index in [-0.39, 0.29) is 6.79 Å². The molecule has 1 fully saturated rings. The molecule has 6 rings (SSSR count). The monoisotopic (exact) mass is 458 g/mol. The summed E-state index contributed by atoms with van der Waals surface area (Å²) in [5, 5.41) is 2.73. The number of aromatic nitrogens is 1. The van der Waals surface area contributed by atoms with E-state index in [9.17, 15) is 0 Å². The second-order valence-corrected chi connectivity index (χ2v) is 9.35. The smallest absolute Gasteiger partial charge is 0.231 e. The van der Waals surface area contributed by atoms with Crippen LogP contribution in [-0.2, 0) is 19.6 Å². The van der Waals surface area contributed by atoms with Crippen LogP contribution in [0.25, 0.3) is 21.8 Å². The number of fused-ring (bicyclic) bond motifs is 4. The zero-order chi connectivity index (χ0) is 23.1. The number of benzene rings is 3. The maximum Gasteiger partial charge on any atom is 0.231 e. The number of piperazine rings is 1. The lowest BCUT2D eigenvalue weighted by molar-refractivity contribution is -0.918. The van der Waals surface area contributed by atoms with E-state index >= 15 is 0 Å². The zero-order valence-corrected chi connectivity index (χ0v) is 20.0. The van der Waals surface area contributed by atoms with Gasteiger partial charge in [-0.05, 0) is 42.8 Å². The third-order valence-corrected chi connectivity index (χ3v) is 7.29. The molecule has 2 aliphatic heterocycles. The van der Waals surface area contributed by atoms with Crippen LogP contribution in [0.5, 0.6) is 17.2 Å². The number of para-hydroxylation sites is 1. The van der Waals surface area contributed by atoms with Crippen LogP contribution in [0.3, 0.4) is 0 Å². The van der Waals surface area contributed by atoms with Gasteiger partial charge in [0.15, 0.2) is 11.5 Å². The Hall–Kier alpha value is -3.22. The van der Waals surface area contributed by atoms with E-state index in [2.05, 4.69) is 71.0 Å². The molecule has 0 atom stereocenters. The topological polar surface area (TPSA) is 40.3 Å². The Balaban J connectivity index is 1.13. The molecule has 0 unspecified atom stereocenters. The van der Waals surface area contributed by atoms with E-state index in [1.807, 2.05) is 0 Å². The summed E-state index contributed by atoms with van der Waals surface area (Å²) in [4.78, 5) is 4.18. The predicted octanol–water partition coefficient (Wildman–Crippen LogP) is 3.45. The number of hydrogen-bond donors (Lipinski definition) is 1. The summed E-state index contributed by atoms with van der Waals surface area (Å²) in [5.74, 6) is 2.29. The molecular formula is C28H32N3O3+. The van der Waals surface area contributed by atoms with Crippen molar-refractivity contribution in [3.63, 3.8) is 0 Å². The molecule has 3 aromatic carbocycles. The summed E-state index contributed by atoms with van der Waals surface area (Å²) < 4.78 is 19.1. The van der Waals surface area contributed by atoms with Crippen LogP contribution in [0.15, 0.2) is 54.6 Å². The van der Waals surface area contributed by atoms with E-state index in [0.29, 0.717) is 0 Å². The summed E-state index contributed by atoms with van der Waals surface area (Å²) >= 11 is 0. The van der Waals surface area contributed by atoms with Crippen LogP contribution in [0.2, 0.25) is 0 Å². The standard InChI is InChI=1S/C28H31N3O3/c1-3-31-24-7-5-4-6-22(24)23-14-20(8-9-25(23)31)17-29-10-12-30(13-11-29)18-21-15-26(32-2)28-27(16-21)33-19-34-28/h4-9,14-16H,3,10-13,17-19H2,1-2H3/p+1. The molecule has 6 nitrogen and oxygen atoms in total. The Kier molecular flexibility index (Phi) is 5.55. The van der Waals surface area contributed by atoms with Crippen LogP contribution in [0, 0.1) is 0 Å². The third kappa shape index (κ3) is 3.77. The zero-order valence-electron chi connectivity index (χ0n) is 20.0. The molecule has 176 valence electrons. The van der Waals surface area contributed by atoms with Gasteiger partial charge in [-0.15, -0.1) is 0 Å². The molecule has 1 saturated heterocycles. The second-order valence-electron chi connectivity index (χ2n) is 9.35. The normalized spacial score (nSPS) is 16.5. The van der Waals surface area contributed by atoms with E-state index in [1.54, 1.807) is 12.0 Å². The lowest BCUT2D eigenvalue weighted by Crippen LogP contribution is -3.13. The Labute approximate surface area is 200 Å². The molecule has 0 radical (unpaired) electrons. The Bertz CT molecular complexity index is 1340. The molecule has 4 aromatic rings. The average Bonchev–Trinajstić information content (AvgIpc) is 3.47. The van der Waals surface area contributed by atoms with Crippen molar-refractivity contribution in [2.24, 2.45) is 0 Å². The minimum Gasteiger partial charge on any atom is -0.493 e. The number of nitrogens with one attached hydrogen (secondary N) is 1. The highest BCUT2D eigenvalue weighted by molar-refractivity contribution is 6.08. The molecule has 0 aliphatic carbocycles. The molecule has 0 spiro atoms. The molecule has 3 heterocycles. The lowest BCUT2D eigenvalue weighted by atomic mass is 10.1. The van der Waals surface area contributed by atoms with Gasteiger partial charge in [0.25, 0.3) is 0 Å². The van der Waals surface area contributed by atoms with Gasteiger partial charge in [0.1, 0.15) is 6.54 Å². The summed E-state index contributed by atoms with van der Waals surface area (Å²) in [5.41, 5.74) is 5.30. The van der Waals surface area contributed by atoms with Gasteiger partial charge < -0.3 is 23.7 Å². The van der Waals surface area contributed by atoms with Gasteiger partial charge in [-0.1, -0.05) is 24.3 Å². The third-order valence-electron chi connectivity index (χ3n) is 7.29. The van der Waals surface area contributed by atoms with Crippen molar-refractivity contribution in [1.82, 2.24) is 9.47 Å². The van der Waals surface area contributed by atoms with E-state index in [4.69, 9.17) is 14.2 Å². The molecule has 1 N–H and O–H groups in total. The van der Waals surface area contributed by atoms with Gasteiger partial charge >= 0.3 is 0 Å². The molecule has 34 heavy (non-hydrogen) atoms. The summed E-state index contributed by atoms with van der Waals surface area (Å²) in [6.45, 7) is 9.94. The van der Waals surface area contributed by atoms with Crippen molar-refractivity contribution in [3.8, 4) is 17.2 Å².